The van der Waals surface area contributed by atoms with Gasteiger partial charge in [0.1, 0.15) is 36.2 Å². The average molecular weight is 1060 g/mol. The maximum absolute atomic E-state index is 12.5. The molecule has 0 bridgehead atoms. The molecule has 388 valence electrons. The first kappa shape index (κ1) is 59.0. The maximum Gasteiger partial charge on any atom is 0.343 e. The van der Waals surface area contributed by atoms with E-state index in [0.29, 0.717) is 64.8 Å². The highest BCUT2D eigenvalue weighted by molar-refractivity contribution is 6.17. The summed E-state index contributed by atoms with van der Waals surface area (Å²) in [5, 5.41) is 8.00. The number of ether oxygens (including phenoxy) is 6. The van der Waals surface area contributed by atoms with Gasteiger partial charge >= 0.3 is 41.8 Å². The second kappa shape index (κ2) is 32.5. The molecule has 75 heavy (non-hydrogen) atoms. The summed E-state index contributed by atoms with van der Waals surface area (Å²) in [6.07, 6.45) is 7.31. The van der Waals surface area contributed by atoms with E-state index in [1.54, 1.807) is 140 Å². The van der Waals surface area contributed by atoms with E-state index in [4.69, 9.17) is 56.7 Å². The summed E-state index contributed by atoms with van der Waals surface area (Å²) in [6.45, 7) is 10.7. The molecule has 0 heterocycles. The van der Waals surface area contributed by atoms with E-state index in [0.717, 1.165) is 22.3 Å². The lowest BCUT2D eigenvalue weighted by Crippen LogP contribution is -2.10. The summed E-state index contributed by atoms with van der Waals surface area (Å²) in [4.78, 5) is 82.2. The fraction of sp³-hybridized carbons (Fsp3) is 0.169. The van der Waals surface area contributed by atoms with Crippen molar-refractivity contribution in [3.05, 3.63) is 228 Å². The molecule has 0 aromatic heterocycles. The number of halogens is 2. The molecule has 0 unspecified atom stereocenters. The van der Waals surface area contributed by atoms with Crippen LogP contribution in [-0.4, -0.2) is 46.9 Å². The number of hydrogen-bond acceptors (Lipinski definition) is 13. The van der Waals surface area contributed by atoms with E-state index in [1.807, 2.05) is 0 Å². The molecule has 0 saturated heterocycles. The normalized spacial score (nSPS) is 10.1. The van der Waals surface area contributed by atoms with Crippen molar-refractivity contribution in [1.82, 2.24) is 0 Å². The third kappa shape index (κ3) is 22.0. The second-order valence-corrected chi connectivity index (χ2v) is 16.3. The Labute approximate surface area is 444 Å². The maximum atomic E-state index is 12.5. The number of carboxylic acid groups (broad SMARTS) is 1. The highest BCUT2D eigenvalue weighted by Gasteiger charge is 2.14. The summed E-state index contributed by atoms with van der Waals surface area (Å²) >= 11 is 11.5. The minimum atomic E-state index is -0.764. The summed E-state index contributed by atoms with van der Waals surface area (Å²) in [5.74, 6) is -1.48. The van der Waals surface area contributed by atoms with Crippen molar-refractivity contribution in [1.29, 1.82) is 0 Å². The minimum Gasteiger partial charge on any atom is -0.481 e. The van der Waals surface area contributed by atoms with Gasteiger partial charge in [-0.05, 0) is 139 Å². The Bertz CT molecular complexity index is 2660. The highest BCUT2D eigenvalue weighted by Crippen LogP contribution is 2.23. The van der Waals surface area contributed by atoms with Crippen molar-refractivity contribution in [3.63, 3.8) is 0 Å². The van der Waals surface area contributed by atoms with Crippen LogP contribution < -0.4 is 18.9 Å². The van der Waals surface area contributed by atoms with E-state index in [2.05, 4.69) is 19.7 Å². The number of carboxylic acids is 1. The number of esters is 6. The van der Waals surface area contributed by atoms with Gasteiger partial charge in [0.05, 0.1) is 22.3 Å². The van der Waals surface area contributed by atoms with Gasteiger partial charge in [-0.15, -0.1) is 42.9 Å². The fourth-order valence-corrected chi connectivity index (χ4v) is 6.24. The SMILES string of the molecule is C=CCCC(=O)O.C=CCCC(=O)OCc1ccc(C(=O)Oc2ccc(OC(=O)c3ccc(COC(=O)CCC=C)cc3)cc2)cc1.O=C(Oc1ccc(OC(=O)c2ccc(CCl)cc2)cc1)c1ccc(CCl)cc1. The van der Waals surface area contributed by atoms with Gasteiger partial charge in [-0.25, -0.2) is 19.2 Å². The Balaban J connectivity index is 0.000000301. The third-order valence-corrected chi connectivity index (χ3v) is 10.6. The van der Waals surface area contributed by atoms with Crippen molar-refractivity contribution in [2.45, 2.75) is 63.5 Å². The molecule has 16 heteroatoms. The van der Waals surface area contributed by atoms with Crippen LogP contribution in [0.3, 0.4) is 0 Å². The lowest BCUT2D eigenvalue weighted by molar-refractivity contribution is -0.145. The van der Waals surface area contributed by atoms with Gasteiger partial charge in [-0.2, -0.15) is 0 Å². The van der Waals surface area contributed by atoms with Gasteiger partial charge in [0.15, 0.2) is 0 Å². The summed E-state index contributed by atoms with van der Waals surface area (Å²) in [6, 6.07) is 39.1. The van der Waals surface area contributed by atoms with Crippen LogP contribution >= 0.6 is 23.2 Å². The highest BCUT2D eigenvalue weighted by atomic mass is 35.5. The number of rotatable bonds is 23. The molecule has 0 aliphatic heterocycles. The predicted octanol–water partition coefficient (Wildman–Crippen LogP) is 12.8. The second-order valence-electron chi connectivity index (χ2n) is 15.8. The molecule has 0 saturated carbocycles. The summed E-state index contributed by atoms with van der Waals surface area (Å²) in [5.41, 5.74) is 4.82. The summed E-state index contributed by atoms with van der Waals surface area (Å²) < 4.78 is 31.8. The Kier molecular flexibility index (Phi) is 25.5. The molecule has 0 radical (unpaired) electrons. The van der Waals surface area contributed by atoms with Crippen molar-refractivity contribution in [3.8, 4) is 23.0 Å². The molecule has 14 nitrogen and oxygen atoms in total. The third-order valence-electron chi connectivity index (χ3n) is 10.0. The van der Waals surface area contributed by atoms with E-state index >= 15 is 0 Å². The fourth-order valence-electron chi connectivity index (χ4n) is 5.89. The van der Waals surface area contributed by atoms with E-state index in [-0.39, 0.29) is 55.9 Å². The Hall–Kier alpha value is -8.59. The molecule has 1 N–H and O–H groups in total. The van der Waals surface area contributed by atoms with Crippen molar-refractivity contribution >= 4 is 65.0 Å². The first-order chi connectivity index (χ1) is 36.2. The van der Waals surface area contributed by atoms with Gasteiger partial charge in [-0.1, -0.05) is 66.8 Å². The topological polar surface area (TPSA) is 195 Å². The Morgan fingerprint density at radius 3 is 0.827 bits per heavy atom. The molecule has 0 aliphatic rings. The van der Waals surface area contributed by atoms with E-state index in [9.17, 15) is 33.6 Å². The van der Waals surface area contributed by atoms with Crippen molar-refractivity contribution in [2.75, 3.05) is 0 Å². The van der Waals surface area contributed by atoms with Crippen LogP contribution in [0, 0.1) is 0 Å². The van der Waals surface area contributed by atoms with Crippen LogP contribution in [0.2, 0.25) is 0 Å². The molecule has 0 atom stereocenters. The molecule has 0 amide bonds. The number of carbonyl (C=O) groups is 7. The number of benzene rings is 6. The van der Waals surface area contributed by atoms with Crippen LogP contribution in [0.4, 0.5) is 0 Å². The van der Waals surface area contributed by atoms with Crippen LogP contribution in [0.5, 0.6) is 23.0 Å². The average Bonchev–Trinajstić information content (AvgIpc) is 3.43. The molecule has 0 aliphatic carbocycles. The number of alkyl halides is 2. The number of hydrogen-bond donors (Lipinski definition) is 1. The predicted molar refractivity (Wildman–Crippen MR) is 283 cm³/mol. The van der Waals surface area contributed by atoms with Gasteiger partial charge in [0.2, 0.25) is 0 Å². The van der Waals surface area contributed by atoms with Gasteiger partial charge < -0.3 is 33.5 Å². The smallest absolute Gasteiger partial charge is 0.343 e. The van der Waals surface area contributed by atoms with Gasteiger partial charge in [-0.3, -0.25) is 14.4 Å². The van der Waals surface area contributed by atoms with Crippen LogP contribution in [0.1, 0.15) is 102 Å². The molecule has 6 aromatic rings. The standard InChI is InChI=1S/C32H30O8.C22H16Cl2O4.C5H8O2/c1-3-5-7-29(33)37-21-23-9-13-25(14-10-23)31(35)39-27-17-19-28(20-18-27)40-32(36)26-15-11-24(12-16-26)22-38-30(34)8-6-4-2;23-13-15-1-5-17(6-2-15)21(25)27-19-9-11-20(12-10-19)28-22(26)18-7-3-16(14-24)4-8-18;1-2-3-4-5(6)7/h3-4,9-20H,1-2,5-8,21-22H2;1-12H,13-14H2;2H,1,3-4H2,(H,6,7). The van der Waals surface area contributed by atoms with Crippen LogP contribution in [-0.2, 0) is 48.8 Å². The lowest BCUT2D eigenvalue weighted by Gasteiger charge is -2.08. The molecule has 0 fully saturated rings. The number of allylic oxidation sites excluding steroid dienone is 3. The molecular formula is C59H54Cl2O14. The van der Waals surface area contributed by atoms with Crippen LogP contribution in [0.15, 0.2) is 184 Å². The number of carbonyl (C=O) groups excluding carboxylic acids is 6. The van der Waals surface area contributed by atoms with Gasteiger partial charge in [0, 0.05) is 31.0 Å². The van der Waals surface area contributed by atoms with Crippen molar-refractivity contribution < 1.29 is 67.1 Å². The first-order valence-electron chi connectivity index (χ1n) is 23.2. The number of aliphatic carboxylic acids is 1. The van der Waals surface area contributed by atoms with E-state index < -0.39 is 29.8 Å². The summed E-state index contributed by atoms with van der Waals surface area (Å²) in [7, 11) is 0. The largest absolute Gasteiger partial charge is 0.481 e. The van der Waals surface area contributed by atoms with Crippen molar-refractivity contribution in [2.24, 2.45) is 0 Å². The molecular weight excluding hydrogens is 1000 g/mol. The Morgan fingerprint density at radius 2 is 0.613 bits per heavy atom. The minimum absolute atomic E-state index is 0.113. The van der Waals surface area contributed by atoms with E-state index in [1.165, 1.54) is 24.3 Å². The van der Waals surface area contributed by atoms with Crippen LogP contribution in [0.25, 0.3) is 0 Å². The zero-order chi connectivity index (χ0) is 54.4. The zero-order valence-electron chi connectivity index (χ0n) is 40.8. The monoisotopic (exact) mass is 1060 g/mol. The molecule has 0 spiro atoms. The molecule has 6 rings (SSSR count). The first-order valence-corrected chi connectivity index (χ1v) is 24.2. The zero-order valence-corrected chi connectivity index (χ0v) is 42.3. The quantitative estimate of drug-likeness (QED) is 0.0275. The molecule has 6 aromatic carbocycles. The van der Waals surface area contributed by atoms with Gasteiger partial charge in [0.25, 0.3) is 0 Å². The Morgan fingerprint density at radius 1 is 0.373 bits per heavy atom. The lowest BCUT2D eigenvalue weighted by atomic mass is 10.1.